The minimum absolute atomic E-state index is 0.115. The van der Waals surface area contributed by atoms with Crippen molar-refractivity contribution in [2.24, 2.45) is 0 Å². The molecule has 0 amide bonds. The maximum Gasteiger partial charge on any atom is 0.344 e. The maximum absolute atomic E-state index is 13.9. The Morgan fingerprint density at radius 2 is 2.00 bits per heavy atom. The van der Waals surface area contributed by atoms with Gasteiger partial charge in [0, 0.05) is 16.7 Å². The minimum atomic E-state index is -0.456. The number of thioether (sulfide) groups is 1. The van der Waals surface area contributed by atoms with Gasteiger partial charge in [-0.3, -0.25) is 0 Å². The monoisotopic (exact) mass is 431 g/mol. The zero-order chi connectivity index (χ0) is 21.5. The number of halogens is 1. The van der Waals surface area contributed by atoms with Crippen LogP contribution in [0.3, 0.4) is 0 Å². The van der Waals surface area contributed by atoms with E-state index in [4.69, 9.17) is 14.2 Å². The van der Waals surface area contributed by atoms with Crippen LogP contribution in [0.1, 0.15) is 18.2 Å². The predicted octanol–water partition coefficient (Wildman–Crippen LogP) is 3.96. The van der Waals surface area contributed by atoms with Gasteiger partial charge in [0.15, 0.2) is 18.2 Å². The first-order valence-corrected chi connectivity index (χ1v) is 10.3. The lowest BCUT2D eigenvalue weighted by Gasteiger charge is -2.10. The molecule has 158 valence electrons. The molecule has 3 aromatic rings. The number of carbonyl (C=O) groups is 1. The highest BCUT2D eigenvalue weighted by Gasteiger charge is 2.09. The highest BCUT2D eigenvalue weighted by molar-refractivity contribution is 7.98. The summed E-state index contributed by atoms with van der Waals surface area (Å²) in [4.78, 5) is 12.4. The van der Waals surface area contributed by atoms with Gasteiger partial charge in [-0.15, -0.1) is 16.9 Å². The standard InChI is InChI=1S/C21H22FN3O4S/c1-4-28-21(26)12-29-19-8-6-17(9-14(19)2)30-13-15-11-25(24-23-15)16-5-7-20(27-3)18(22)10-16/h5-11H,4,12-13H2,1-3H3. The Morgan fingerprint density at radius 1 is 1.20 bits per heavy atom. The SMILES string of the molecule is CCOC(=O)COc1ccc(SCc2cn(-c3ccc(OC)c(F)c3)nn2)cc1C. The van der Waals surface area contributed by atoms with E-state index < -0.39 is 11.8 Å². The first-order chi connectivity index (χ1) is 14.5. The summed E-state index contributed by atoms with van der Waals surface area (Å²) in [7, 11) is 1.42. The van der Waals surface area contributed by atoms with Crippen molar-refractivity contribution in [3.63, 3.8) is 0 Å². The van der Waals surface area contributed by atoms with Crippen molar-refractivity contribution in [2.45, 2.75) is 24.5 Å². The molecule has 0 spiro atoms. The lowest BCUT2D eigenvalue weighted by molar-refractivity contribution is -0.145. The van der Waals surface area contributed by atoms with Crippen molar-refractivity contribution < 1.29 is 23.4 Å². The molecule has 0 radical (unpaired) electrons. The molecule has 7 nitrogen and oxygen atoms in total. The van der Waals surface area contributed by atoms with Crippen LogP contribution < -0.4 is 9.47 Å². The summed E-state index contributed by atoms with van der Waals surface area (Å²) in [5, 5.41) is 8.21. The van der Waals surface area contributed by atoms with Gasteiger partial charge in [0.2, 0.25) is 0 Å². The summed E-state index contributed by atoms with van der Waals surface area (Å²) in [6.07, 6.45) is 1.76. The van der Waals surface area contributed by atoms with Gasteiger partial charge in [0.25, 0.3) is 0 Å². The van der Waals surface area contributed by atoms with E-state index >= 15 is 0 Å². The molecule has 0 N–H and O–H groups in total. The van der Waals surface area contributed by atoms with Crippen molar-refractivity contribution in [1.82, 2.24) is 15.0 Å². The molecular formula is C21H22FN3O4S. The summed E-state index contributed by atoms with van der Waals surface area (Å²) in [5.74, 6) is 0.568. The molecule has 1 aromatic heterocycles. The van der Waals surface area contributed by atoms with Crippen LogP contribution in [0.15, 0.2) is 47.5 Å². The molecule has 1 heterocycles. The fourth-order valence-corrected chi connectivity index (χ4v) is 3.53. The third-order valence-corrected chi connectivity index (χ3v) is 5.15. The molecule has 0 saturated carbocycles. The van der Waals surface area contributed by atoms with Gasteiger partial charge in [-0.2, -0.15) is 0 Å². The van der Waals surface area contributed by atoms with E-state index in [-0.39, 0.29) is 12.4 Å². The number of rotatable bonds is 9. The molecule has 3 rings (SSSR count). The molecule has 9 heteroatoms. The minimum Gasteiger partial charge on any atom is -0.494 e. The molecule has 0 fully saturated rings. The van der Waals surface area contributed by atoms with Crippen LogP contribution in [0.25, 0.3) is 5.69 Å². The summed E-state index contributed by atoms with van der Waals surface area (Å²) in [6, 6.07) is 10.3. The summed E-state index contributed by atoms with van der Waals surface area (Å²) >= 11 is 1.59. The Morgan fingerprint density at radius 3 is 2.70 bits per heavy atom. The van der Waals surface area contributed by atoms with Crippen molar-refractivity contribution in [3.8, 4) is 17.2 Å². The highest BCUT2D eigenvalue weighted by atomic mass is 32.2. The normalized spacial score (nSPS) is 10.7. The lowest BCUT2D eigenvalue weighted by atomic mass is 10.2. The average Bonchev–Trinajstić information content (AvgIpc) is 3.21. The second-order valence-corrected chi connectivity index (χ2v) is 7.33. The molecular weight excluding hydrogens is 409 g/mol. The fraction of sp³-hybridized carbons (Fsp3) is 0.286. The van der Waals surface area contributed by atoms with E-state index in [9.17, 15) is 9.18 Å². The van der Waals surface area contributed by atoms with Crippen molar-refractivity contribution >= 4 is 17.7 Å². The van der Waals surface area contributed by atoms with Gasteiger partial charge >= 0.3 is 5.97 Å². The van der Waals surface area contributed by atoms with Crippen LogP contribution in [0.2, 0.25) is 0 Å². The first kappa shape index (κ1) is 21.6. The lowest BCUT2D eigenvalue weighted by Crippen LogP contribution is -2.14. The smallest absolute Gasteiger partial charge is 0.344 e. The van der Waals surface area contributed by atoms with E-state index in [0.717, 1.165) is 16.2 Å². The molecule has 0 aliphatic carbocycles. The maximum atomic E-state index is 13.9. The topological polar surface area (TPSA) is 75.5 Å². The molecule has 0 aliphatic heterocycles. The second-order valence-electron chi connectivity index (χ2n) is 6.28. The van der Waals surface area contributed by atoms with E-state index in [1.54, 1.807) is 37.0 Å². The van der Waals surface area contributed by atoms with Crippen LogP contribution >= 0.6 is 11.8 Å². The molecule has 0 unspecified atom stereocenters. The Balaban J connectivity index is 1.59. The van der Waals surface area contributed by atoms with Crippen LogP contribution in [0.4, 0.5) is 4.39 Å². The van der Waals surface area contributed by atoms with E-state index in [1.807, 2.05) is 25.1 Å². The Labute approximate surface area is 178 Å². The number of nitrogens with zero attached hydrogens (tertiary/aromatic N) is 3. The summed E-state index contributed by atoms with van der Waals surface area (Å²) < 4.78 is 30.7. The number of esters is 1. The van der Waals surface area contributed by atoms with E-state index in [1.165, 1.54) is 17.9 Å². The van der Waals surface area contributed by atoms with Gasteiger partial charge in [-0.25, -0.2) is 13.9 Å². The average molecular weight is 431 g/mol. The van der Waals surface area contributed by atoms with E-state index in [2.05, 4.69) is 10.3 Å². The number of aryl methyl sites for hydroxylation is 1. The van der Waals surface area contributed by atoms with Gasteiger partial charge in [0.1, 0.15) is 5.75 Å². The van der Waals surface area contributed by atoms with Crippen LogP contribution in [0.5, 0.6) is 11.5 Å². The largest absolute Gasteiger partial charge is 0.494 e. The Bertz CT molecular complexity index is 1030. The molecule has 30 heavy (non-hydrogen) atoms. The van der Waals surface area contributed by atoms with E-state index in [0.29, 0.717) is 23.8 Å². The quantitative estimate of drug-likeness (QED) is 0.375. The Kier molecular flexibility index (Phi) is 7.29. The zero-order valence-electron chi connectivity index (χ0n) is 16.9. The number of aromatic nitrogens is 3. The van der Waals surface area contributed by atoms with Gasteiger partial charge in [0.05, 0.1) is 31.3 Å². The van der Waals surface area contributed by atoms with Gasteiger partial charge < -0.3 is 14.2 Å². The number of benzene rings is 2. The third-order valence-electron chi connectivity index (χ3n) is 4.12. The molecule has 2 aromatic carbocycles. The fourth-order valence-electron chi connectivity index (χ4n) is 2.66. The number of hydrogen-bond acceptors (Lipinski definition) is 7. The van der Waals surface area contributed by atoms with Crippen LogP contribution in [-0.2, 0) is 15.3 Å². The third kappa shape index (κ3) is 5.50. The van der Waals surface area contributed by atoms with Crippen molar-refractivity contribution in [1.29, 1.82) is 0 Å². The highest BCUT2D eigenvalue weighted by Crippen LogP contribution is 2.28. The predicted molar refractivity (Wildman–Crippen MR) is 111 cm³/mol. The first-order valence-electron chi connectivity index (χ1n) is 9.27. The van der Waals surface area contributed by atoms with Gasteiger partial charge in [-0.05, 0) is 49.7 Å². The summed E-state index contributed by atoms with van der Waals surface area (Å²) in [5.41, 5.74) is 2.24. The molecule has 0 bridgehead atoms. The number of carbonyl (C=O) groups excluding carboxylic acids is 1. The zero-order valence-corrected chi connectivity index (χ0v) is 17.7. The number of hydrogen-bond donors (Lipinski definition) is 0. The second kappa shape index (κ2) is 10.1. The molecule has 0 atom stereocenters. The molecule has 0 saturated heterocycles. The summed E-state index contributed by atoms with van der Waals surface area (Å²) in [6.45, 7) is 3.88. The number of ether oxygens (including phenoxy) is 3. The van der Waals surface area contributed by atoms with Gasteiger partial charge in [-0.1, -0.05) is 5.21 Å². The van der Waals surface area contributed by atoms with Crippen LogP contribution in [-0.4, -0.2) is 41.3 Å². The Hall–Kier alpha value is -3.07. The number of methoxy groups -OCH3 is 1. The van der Waals surface area contributed by atoms with Crippen molar-refractivity contribution in [3.05, 3.63) is 59.7 Å². The molecule has 0 aliphatic rings. The van der Waals surface area contributed by atoms with Crippen LogP contribution in [0, 0.1) is 12.7 Å². The van der Waals surface area contributed by atoms with Crippen molar-refractivity contribution in [2.75, 3.05) is 20.3 Å².